The van der Waals surface area contributed by atoms with Gasteiger partial charge in [0.1, 0.15) is 10.6 Å². The van der Waals surface area contributed by atoms with Crippen LogP contribution in [0.5, 0.6) is 0 Å². The molecule has 3 aromatic heterocycles. The first-order valence-electron chi connectivity index (χ1n) is 12.5. The molecule has 0 aliphatic carbocycles. The molecular formula is C25H28F3N7O2S. The third kappa shape index (κ3) is 4.74. The minimum absolute atomic E-state index is 0.0692. The Kier molecular flexibility index (Phi) is 6.11. The minimum atomic E-state index is -4.28. The van der Waals surface area contributed by atoms with Crippen LogP contribution in [0.4, 0.5) is 24.9 Å². The van der Waals surface area contributed by atoms with E-state index in [1.54, 1.807) is 6.07 Å². The molecule has 1 atom stereocenters. The first kappa shape index (κ1) is 25.1. The molecule has 0 amide bonds. The van der Waals surface area contributed by atoms with Gasteiger partial charge >= 0.3 is 11.9 Å². The summed E-state index contributed by atoms with van der Waals surface area (Å²) in [5.74, 6) is 0.692. The third-order valence-electron chi connectivity index (χ3n) is 7.64. The number of alkyl halides is 3. The molecule has 4 aromatic rings. The highest BCUT2D eigenvalue weighted by molar-refractivity contribution is 7.18. The fourth-order valence-electron chi connectivity index (χ4n) is 6.00. The smallest absolute Gasteiger partial charge is 0.393 e. The van der Waals surface area contributed by atoms with Crippen molar-refractivity contribution in [3.8, 4) is 0 Å². The number of H-pyrrole nitrogens is 1. The Morgan fingerprint density at radius 1 is 1.16 bits per heavy atom. The van der Waals surface area contributed by atoms with Crippen molar-refractivity contribution in [3.63, 3.8) is 0 Å². The molecule has 6 rings (SSSR count). The molecule has 1 unspecified atom stereocenters. The summed E-state index contributed by atoms with van der Waals surface area (Å²) < 4.78 is 40.5. The lowest BCUT2D eigenvalue weighted by molar-refractivity contribution is -0.126. The number of nitrogen functional groups attached to an aromatic ring is 1. The lowest BCUT2D eigenvalue weighted by atomic mass is 9.86. The van der Waals surface area contributed by atoms with Crippen molar-refractivity contribution in [2.24, 2.45) is 5.41 Å². The summed E-state index contributed by atoms with van der Waals surface area (Å²) in [6.45, 7) is 4.25. The van der Waals surface area contributed by atoms with Crippen LogP contribution in [-0.2, 0) is 19.5 Å². The Morgan fingerprint density at radius 3 is 2.76 bits per heavy atom. The van der Waals surface area contributed by atoms with Gasteiger partial charge in [-0.15, -0.1) is 11.3 Å². The minimum Gasteiger partial charge on any atom is -0.395 e. The van der Waals surface area contributed by atoms with E-state index in [9.17, 15) is 23.1 Å². The number of likely N-dealkylation sites (tertiary alicyclic amines) is 1. The third-order valence-corrected chi connectivity index (χ3v) is 8.67. The molecule has 1 aromatic carbocycles. The average Bonchev–Trinajstić information content (AvgIpc) is 3.60. The molecule has 0 bridgehead atoms. The summed E-state index contributed by atoms with van der Waals surface area (Å²) in [7, 11) is 0. The molecule has 5 heterocycles. The van der Waals surface area contributed by atoms with Crippen molar-refractivity contribution in [3.05, 3.63) is 45.2 Å². The fraction of sp³-hybridized carbons (Fsp3) is 0.480. The summed E-state index contributed by atoms with van der Waals surface area (Å²) in [5, 5.41) is 9.86. The summed E-state index contributed by atoms with van der Waals surface area (Å²) in [4.78, 5) is 28.9. The molecule has 1 spiro atoms. The summed E-state index contributed by atoms with van der Waals surface area (Å²) in [6, 6.07) is 7.49. The predicted octanol–water partition coefficient (Wildman–Crippen LogP) is 3.12. The van der Waals surface area contributed by atoms with E-state index in [1.165, 1.54) is 4.57 Å². The molecule has 2 fully saturated rings. The first-order chi connectivity index (χ1) is 18.1. The zero-order valence-electron chi connectivity index (χ0n) is 20.6. The first-order valence-corrected chi connectivity index (χ1v) is 13.4. The molecule has 13 heteroatoms. The number of nitrogens with zero attached hydrogens (tertiary/aromatic N) is 5. The lowest BCUT2D eigenvalue weighted by Crippen LogP contribution is -2.31. The number of aliphatic hydroxyl groups is 1. The van der Waals surface area contributed by atoms with E-state index in [2.05, 4.69) is 24.8 Å². The second-order valence-corrected chi connectivity index (χ2v) is 11.5. The maximum absolute atomic E-state index is 13.0. The van der Waals surface area contributed by atoms with Crippen LogP contribution in [0, 0.1) is 5.41 Å². The fourth-order valence-corrected chi connectivity index (χ4v) is 7.06. The van der Waals surface area contributed by atoms with Gasteiger partial charge in [0.25, 0.3) is 0 Å². The summed E-state index contributed by atoms with van der Waals surface area (Å²) in [6.07, 6.45) is -3.29. The van der Waals surface area contributed by atoms with E-state index in [0.717, 1.165) is 73.5 Å². The number of imidazole rings is 1. The van der Waals surface area contributed by atoms with Crippen molar-refractivity contribution in [2.45, 2.75) is 38.5 Å². The number of benzene rings is 1. The van der Waals surface area contributed by atoms with Gasteiger partial charge in [0, 0.05) is 36.5 Å². The lowest BCUT2D eigenvalue weighted by Gasteiger charge is -2.25. The largest absolute Gasteiger partial charge is 0.395 e. The van der Waals surface area contributed by atoms with Crippen molar-refractivity contribution in [1.29, 1.82) is 0 Å². The average molecular weight is 548 g/mol. The van der Waals surface area contributed by atoms with Gasteiger partial charge < -0.3 is 20.7 Å². The number of aromatic nitrogens is 4. The second kappa shape index (κ2) is 9.24. The molecule has 202 valence electrons. The zero-order valence-corrected chi connectivity index (χ0v) is 21.4. The van der Waals surface area contributed by atoms with Gasteiger partial charge in [-0.2, -0.15) is 18.2 Å². The Balaban J connectivity index is 1.17. The summed E-state index contributed by atoms with van der Waals surface area (Å²) in [5.41, 5.74) is 8.41. The van der Waals surface area contributed by atoms with Gasteiger partial charge in [0.05, 0.1) is 36.0 Å². The van der Waals surface area contributed by atoms with Crippen molar-refractivity contribution >= 4 is 44.4 Å². The van der Waals surface area contributed by atoms with Crippen molar-refractivity contribution < 1.29 is 18.3 Å². The van der Waals surface area contributed by atoms with Crippen LogP contribution in [0.2, 0.25) is 0 Å². The SMILES string of the molecule is Nc1nc(N2CCC3(CCN(Cc4ccc5c(c4)[nH]c(=O)n5CCO)C3)C2)c2cc(CC(F)(F)F)sc2n1. The van der Waals surface area contributed by atoms with E-state index in [-0.39, 0.29) is 35.1 Å². The maximum atomic E-state index is 13.0. The van der Waals surface area contributed by atoms with Gasteiger partial charge in [-0.05, 0) is 43.1 Å². The van der Waals surface area contributed by atoms with Crippen LogP contribution < -0.4 is 16.3 Å². The number of nitrogens with one attached hydrogen (secondary N) is 1. The number of aromatic amines is 1. The number of aliphatic hydroxyl groups excluding tert-OH is 1. The standard InChI is InChI=1S/C25H28F3N7O2S/c26-25(27,28)11-16-10-17-20(31-22(29)32-21(17)38-16)34-6-4-24(14-34)3-5-33(13-24)12-15-1-2-19-18(9-15)30-23(37)35(19)7-8-36/h1-2,9-10,36H,3-8,11-14H2,(H,30,37)(H2,29,31,32). The Bertz CT molecular complexity index is 1560. The van der Waals surface area contributed by atoms with Crippen molar-refractivity contribution in [2.75, 3.05) is 43.4 Å². The molecule has 4 N–H and O–H groups in total. The van der Waals surface area contributed by atoms with Gasteiger partial charge in [-0.3, -0.25) is 9.47 Å². The van der Waals surface area contributed by atoms with Crippen LogP contribution >= 0.6 is 11.3 Å². The predicted molar refractivity (Wildman–Crippen MR) is 140 cm³/mol. The maximum Gasteiger partial charge on any atom is 0.393 e. The zero-order chi connectivity index (χ0) is 26.7. The molecule has 0 saturated carbocycles. The van der Waals surface area contributed by atoms with Crippen LogP contribution in [-0.4, -0.2) is 68.5 Å². The molecular weight excluding hydrogens is 519 g/mol. The molecule has 0 radical (unpaired) electrons. The number of thiophene rings is 1. The van der Waals surface area contributed by atoms with E-state index < -0.39 is 12.6 Å². The van der Waals surface area contributed by atoms with Gasteiger partial charge in [-0.25, -0.2) is 9.78 Å². The monoisotopic (exact) mass is 547 g/mol. The number of halogens is 3. The highest BCUT2D eigenvalue weighted by Gasteiger charge is 2.44. The van der Waals surface area contributed by atoms with Gasteiger partial charge in [-0.1, -0.05) is 6.07 Å². The molecule has 2 aliphatic heterocycles. The highest BCUT2D eigenvalue weighted by Crippen LogP contribution is 2.43. The van der Waals surface area contributed by atoms with Gasteiger partial charge in [0.15, 0.2) is 0 Å². The molecule has 9 nitrogen and oxygen atoms in total. The van der Waals surface area contributed by atoms with E-state index in [1.807, 2.05) is 18.2 Å². The number of rotatable bonds is 6. The number of anilines is 2. The molecule has 38 heavy (non-hydrogen) atoms. The van der Waals surface area contributed by atoms with E-state index in [0.29, 0.717) is 16.0 Å². The van der Waals surface area contributed by atoms with Crippen molar-refractivity contribution in [1.82, 2.24) is 24.4 Å². The topological polar surface area (TPSA) is 116 Å². The molecule has 2 saturated heterocycles. The Hall–Kier alpha value is -3.16. The number of hydrogen-bond donors (Lipinski definition) is 3. The Labute approximate surface area is 219 Å². The van der Waals surface area contributed by atoms with Gasteiger partial charge in [0.2, 0.25) is 5.95 Å². The number of nitrogens with two attached hydrogens (primary N) is 1. The normalized spacial score (nSPS) is 20.6. The quantitative estimate of drug-likeness (QED) is 0.340. The number of fused-ring (bicyclic) bond motifs is 2. The van der Waals surface area contributed by atoms with E-state index in [4.69, 9.17) is 5.73 Å². The summed E-state index contributed by atoms with van der Waals surface area (Å²) >= 11 is 1.02. The van der Waals surface area contributed by atoms with E-state index >= 15 is 0 Å². The highest BCUT2D eigenvalue weighted by atomic mass is 32.1. The van der Waals surface area contributed by atoms with Crippen LogP contribution in [0.25, 0.3) is 21.3 Å². The van der Waals surface area contributed by atoms with Crippen LogP contribution in [0.1, 0.15) is 23.3 Å². The van der Waals surface area contributed by atoms with Crippen LogP contribution in [0.3, 0.4) is 0 Å². The second-order valence-electron chi connectivity index (χ2n) is 10.4. The number of hydrogen-bond acceptors (Lipinski definition) is 8. The molecule has 2 aliphatic rings. The van der Waals surface area contributed by atoms with Crippen LogP contribution in [0.15, 0.2) is 29.1 Å². The Morgan fingerprint density at radius 2 is 1.97 bits per heavy atom.